The summed E-state index contributed by atoms with van der Waals surface area (Å²) in [6.45, 7) is 1.99. The second-order valence-electron chi connectivity index (χ2n) is 5.57. The summed E-state index contributed by atoms with van der Waals surface area (Å²) in [6.07, 6.45) is 1.03. The fourth-order valence-corrected chi connectivity index (χ4v) is 2.51. The molecule has 1 aromatic heterocycles. The Labute approximate surface area is 147 Å². The van der Waals surface area contributed by atoms with Crippen molar-refractivity contribution in [1.29, 1.82) is 0 Å². The van der Waals surface area contributed by atoms with Gasteiger partial charge in [-0.3, -0.25) is 4.79 Å². The molecule has 5 nitrogen and oxygen atoms in total. The highest BCUT2D eigenvalue weighted by molar-refractivity contribution is 5.90. The predicted octanol–water partition coefficient (Wildman–Crippen LogP) is 3.99. The monoisotopic (exact) mass is 364 g/mol. The van der Waals surface area contributed by atoms with Crippen molar-refractivity contribution < 1.29 is 27.4 Å². The van der Waals surface area contributed by atoms with E-state index >= 15 is 0 Å². The molecule has 0 saturated heterocycles. The number of alkyl halides is 3. The maximum absolute atomic E-state index is 12.9. The van der Waals surface area contributed by atoms with Crippen molar-refractivity contribution in [2.24, 2.45) is 0 Å². The van der Waals surface area contributed by atoms with E-state index in [0.717, 1.165) is 29.0 Å². The molecule has 1 aliphatic heterocycles. The Kier molecular flexibility index (Phi) is 4.94. The van der Waals surface area contributed by atoms with Gasteiger partial charge in [-0.2, -0.15) is 23.0 Å². The van der Waals surface area contributed by atoms with Crippen LogP contribution in [0.2, 0.25) is 0 Å². The minimum Gasteiger partial charge on any atom is -0.467 e. The Morgan fingerprint density at radius 3 is 2.88 bits per heavy atom. The summed E-state index contributed by atoms with van der Waals surface area (Å²) in [7, 11) is 0. The highest BCUT2D eigenvalue weighted by Crippen LogP contribution is 2.30. The van der Waals surface area contributed by atoms with Gasteiger partial charge in [0, 0.05) is 11.6 Å². The average Bonchev–Trinajstić information content (AvgIpc) is 3.01. The van der Waals surface area contributed by atoms with Crippen LogP contribution in [0.5, 0.6) is 5.75 Å². The maximum Gasteiger partial charge on any atom is 0.433 e. The second kappa shape index (κ2) is 7.17. The summed E-state index contributed by atoms with van der Waals surface area (Å²) in [5.74, 6) is -0.155. The number of aromatic nitrogens is 2. The van der Waals surface area contributed by atoms with Gasteiger partial charge in [0.05, 0.1) is 12.3 Å². The van der Waals surface area contributed by atoms with Gasteiger partial charge in [-0.15, -0.1) is 0 Å². The molecule has 0 bridgehead atoms. The number of hydrogen-bond donors (Lipinski definition) is 0. The van der Waals surface area contributed by atoms with Crippen molar-refractivity contribution in [2.75, 3.05) is 6.79 Å². The van der Waals surface area contributed by atoms with E-state index in [-0.39, 0.29) is 12.5 Å². The summed E-state index contributed by atoms with van der Waals surface area (Å²) in [5, 5.41) is 3.61. The number of halogens is 3. The number of fused-ring (bicyclic) bond motifs is 1. The van der Waals surface area contributed by atoms with Crippen molar-refractivity contribution in [3.05, 3.63) is 65.0 Å². The number of benzene rings is 1. The van der Waals surface area contributed by atoms with Gasteiger partial charge in [-0.25, -0.2) is 0 Å². The zero-order valence-electron chi connectivity index (χ0n) is 13.8. The van der Waals surface area contributed by atoms with E-state index in [9.17, 15) is 18.0 Å². The summed E-state index contributed by atoms with van der Waals surface area (Å²) < 4.78 is 49.7. The SMILES string of the molecule is Cc1cc(C(F)(F)F)n(C(=O)/C=C/C=C/c2cccc3c2COCO3)n1. The average molecular weight is 364 g/mol. The first-order valence-corrected chi connectivity index (χ1v) is 7.71. The molecule has 0 amide bonds. The molecule has 1 aromatic carbocycles. The van der Waals surface area contributed by atoms with E-state index in [2.05, 4.69) is 5.10 Å². The molecule has 0 radical (unpaired) electrons. The number of allylic oxidation sites excluding steroid dienone is 3. The van der Waals surface area contributed by atoms with Crippen LogP contribution in [0.4, 0.5) is 13.2 Å². The summed E-state index contributed by atoms with van der Waals surface area (Å²) in [5.41, 5.74) is 0.729. The smallest absolute Gasteiger partial charge is 0.433 e. The lowest BCUT2D eigenvalue weighted by Crippen LogP contribution is -2.19. The minimum atomic E-state index is -4.65. The quantitative estimate of drug-likeness (QED) is 0.611. The zero-order valence-corrected chi connectivity index (χ0v) is 13.8. The van der Waals surface area contributed by atoms with E-state index in [4.69, 9.17) is 9.47 Å². The van der Waals surface area contributed by atoms with Gasteiger partial charge >= 0.3 is 6.18 Å². The number of rotatable bonds is 3. The molecule has 3 rings (SSSR count). The van der Waals surface area contributed by atoms with E-state index in [1.165, 1.54) is 13.0 Å². The van der Waals surface area contributed by atoms with Gasteiger partial charge in [0.25, 0.3) is 5.91 Å². The number of nitrogens with zero attached hydrogens (tertiary/aromatic N) is 2. The van der Waals surface area contributed by atoms with Crippen LogP contribution in [0.1, 0.15) is 27.3 Å². The third-order valence-corrected chi connectivity index (χ3v) is 3.67. The van der Waals surface area contributed by atoms with Crippen molar-refractivity contribution >= 4 is 12.0 Å². The van der Waals surface area contributed by atoms with Gasteiger partial charge in [-0.05, 0) is 24.6 Å². The number of hydrogen-bond acceptors (Lipinski definition) is 4. The van der Waals surface area contributed by atoms with Crippen LogP contribution < -0.4 is 4.74 Å². The first-order valence-electron chi connectivity index (χ1n) is 7.71. The number of aryl methyl sites for hydroxylation is 1. The highest BCUT2D eigenvalue weighted by Gasteiger charge is 2.36. The largest absolute Gasteiger partial charge is 0.467 e. The molecule has 0 unspecified atom stereocenters. The first kappa shape index (κ1) is 17.9. The molecule has 0 fully saturated rings. The molecule has 2 heterocycles. The van der Waals surface area contributed by atoms with Crippen LogP contribution in [0, 0.1) is 6.92 Å². The Morgan fingerprint density at radius 2 is 2.12 bits per heavy atom. The topological polar surface area (TPSA) is 53.4 Å². The van der Waals surface area contributed by atoms with Crippen molar-refractivity contribution in [2.45, 2.75) is 19.7 Å². The lowest BCUT2D eigenvalue weighted by molar-refractivity contribution is -0.143. The number of carbonyl (C=O) groups excluding carboxylic acids is 1. The van der Waals surface area contributed by atoms with E-state index < -0.39 is 17.8 Å². The molecular weight excluding hydrogens is 349 g/mol. The normalized spacial score (nSPS) is 14.6. The minimum absolute atomic E-state index is 0.116. The fourth-order valence-electron chi connectivity index (χ4n) is 2.51. The molecule has 0 saturated carbocycles. The van der Waals surface area contributed by atoms with Crippen LogP contribution in [-0.4, -0.2) is 22.5 Å². The van der Waals surface area contributed by atoms with E-state index in [0.29, 0.717) is 11.3 Å². The fraction of sp³-hybridized carbons (Fsp3) is 0.222. The molecule has 26 heavy (non-hydrogen) atoms. The van der Waals surface area contributed by atoms with Gasteiger partial charge in [0.15, 0.2) is 12.5 Å². The molecule has 0 aliphatic carbocycles. The molecule has 0 atom stereocenters. The van der Waals surface area contributed by atoms with Gasteiger partial charge in [0.1, 0.15) is 5.75 Å². The molecule has 8 heteroatoms. The van der Waals surface area contributed by atoms with E-state index in [1.807, 2.05) is 18.2 Å². The van der Waals surface area contributed by atoms with Crippen molar-refractivity contribution in [3.63, 3.8) is 0 Å². The molecule has 1 aliphatic rings. The Bertz CT molecular complexity index is 882. The van der Waals surface area contributed by atoms with Gasteiger partial charge in [-0.1, -0.05) is 30.4 Å². The van der Waals surface area contributed by atoms with E-state index in [1.54, 1.807) is 12.2 Å². The lowest BCUT2D eigenvalue weighted by Gasteiger charge is -2.19. The molecular formula is C18H15F3N2O3. The third-order valence-electron chi connectivity index (χ3n) is 3.67. The number of ether oxygens (including phenoxy) is 2. The molecule has 0 spiro atoms. The standard InChI is InChI=1S/C18H15F3N2O3/c1-12-9-16(18(19,20)21)23(22-12)17(24)8-3-2-5-13-6-4-7-15-14(13)10-25-11-26-15/h2-9H,10-11H2,1H3/b5-2+,8-3+. The summed E-state index contributed by atoms with van der Waals surface area (Å²) in [6, 6.07) is 6.33. The summed E-state index contributed by atoms with van der Waals surface area (Å²) >= 11 is 0. The predicted molar refractivity (Wildman–Crippen MR) is 87.5 cm³/mol. The maximum atomic E-state index is 12.9. The lowest BCUT2D eigenvalue weighted by atomic mass is 10.1. The molecule has 136 valence electrons. The Morgan fingerprint density at radius 1 is 1.31 bits per heavy atom. The third kappa shape index (κ3) is 3.85. The van der Waals surface area contributed by atoms with Crippen LogP contribution in [0.15, 0.2) is 42.5 Å². The van der Waals surface area contributed by atoms with Crippen LogP contribution in [0.25, 0.3) is 6.08 Å². The second-order valence-corrected chi connectivity index (χ2v) is 5.57. The molecule has 0 N–H and O–H groups in total. The molecule has 2 aromatic rings. The van der Waals surface area contributed by atoms with Crippen LogP contribution >= 0.6 is 0 Å². The first-order chi connectivity index (χ1) is 12.4. The highest BCUT2D eigenvalue weighted by atomic mass is 19.4. The van der Waals surface area contributed by atoms with Gasteiger partial charge in [0.2, 0.25) is 0 Å². The van der Waals surface area contributed by atoms with Gasteiger partial charge < -0.3 is 9.47 Å². The van der Waals surface area contributed by atoms with Crippen LogP contribution in [0.3, 0.4) is 0 Å². The van der Waals surface area contributed by atoms with Crippen molar-refractivity contribution in [3.8, 4) is 5.75 Å². The summed E-state index contributed by atoms with van der Waals surface area (Å²) in [4.78, 5) is 12.0. The zero-order chi connectivity index (χ0) is 18.7. The van der Waals surface area contributed by atoms with Crippen LogP contribution in [-0.2, 0) is 17.5 Å². The Hall–Kier alpha value is -2.87. The Balaban J connectivity index is 1.76. The van der Waals surface area contributed by atoms with Crippen molar-refractivity contribution in [1.82, 2.24) is 9.78 Å². The number of carbonyl (C=O) groups is 1.